The third-order valence-electron chi connectivity index (χ3n) is 1.88. The van der Waals surface area contributed by atoms with E-state index in [2.05, 4.69) is 4.52 Å². The van der Waals surface area contributed by atoms with E-state index in [0.29, 0.717) is 6.42 Å². The van der Waals surface area contributed by atoms with E-state index < -0.39 is 11.6 Å². The van der Waals surface area contributed by atoms with E-state index in [9.17, 15) is 9.18 Å². The summed E-state index contributed by atoms with van der Waals surface area (Å²) in [5.74, 6) is -0.701. The average Bonchev–Trinajstić information content (AvgIpc) is 2.06. The Balaban J connectivity index is 2.58. The lowest BCUT2D eigenvalue weighted by molar-refractivity contribution is -0.147. The van der Waals surface area contributed by atoms with Gasteiger partial charge in [-0.3, -0.25) is 0 Å². The molecule has 0 radical (unpaired) electrons. The first-order valence-corrected chi connectivity index (χ1v) is 5.32. The van der Waals surface area contributed by atoms with Crippen molar-refractivity contribution in [2.75, 3.05) is 6.66 Å². The quantitative estimate of drug-likeness (QED) is 0.493. The zero-order valence-electron chi connectivity index (χ0n) is 6.97. The van der Waals surface area contributed by atoms with Crippen molar-refractivity contribution in [2.24, 2.45) is 0 Å². The van der Waals surface area contributed by atoms with Crippen LogP contribution in [0.3, 0.4) is 0 Å². The molecule has 1 rings (SSSR count). The van der Waals surface area contributed by atoms with Crippen LogP contribution in [0.2, 0.25) is 0 Å². The molecule has 0 heterocycles. The van der Waals surface area contributed by atoms with Crippen LogP contribution in [0.25, 0.3) is 0 Å². The summed E-state index contributed by atoms with van der Waals surface area (Å²) in [6.45, 7) is 1.71. The van der Waals surface area contributed by atoms with Crippen LogP contribution in [0.5, 0.6) is 0 Å². The Kier molecular flexibility index (Phi) is 3.21. The summed E-state index contributed by atoms with van der Waals surface area (Å²) >= 11 is 0. The molecule has 2 unspecified atom stereocenters. The van der Waals surface area contributed by atoms with Gasteiger partial charge in [0, 0.05) is 6.42 Å². The fourth-order valence-corrected chi connectivity index (χ4v) is 1.54. The summed E-state index contributed by atoms with van der Waals surface area (Å²) in [7, 11) is 0.0296. The molecule has 0 N–H and O–H groups in total. The van der Waals surface area contributed by atoms with Gasteiger partial charge in [-0.05, 0) is 19.5 Å². The lowest BCUT2D eigenvalue weighted by Gasteiger charge is -2.23. The van der Waals surface area contributed by atoms with Crippen molar-refractivity contribution < 1.29 is 13.7 Å². The maximum absolute atomic E-state index is 13.6. The standard InChI is InChI=1S/C8H12FO2P/c1-12-11-7(10)8(9)5-3-2-4-6-8/h2-3,12H,4-6H2,1H3. The second-order valence-electron chi connectivity index (χ2n) is 2.77. The third kappa shape index (κ3) is 2.04. The van der Waals surface area contributed by atoms with Crippen molar-refractivity contribution in [1.29, 1.82) is 0 Å². The molecule has 0 saturated heterocycles. The van der Waals surface area contributed by atoms with Crippen molar-refractivity contribution in [3.05, 3.63) is 12.2 Å². The summed E-state index contributed by atoms with van der Waals surface area (Å²) in [4.78, 5) is 11.1. The van der Waals surface area contributed by atoms with Crippen molar-refractivity contribution in [2.45, 2.75) is 24.9 Å². The summed E-state index contributed by atoms with van der Waals surface area (Å²) in [6.07, 6.45) is 4.63. The van der Waals surface area contributed by atoms with Crippen LogP contribution in [0, 0.1) is 0 Å². The van der Waals surface area contributed by atoms with Gasteiger partial charge in [0.15, 0.2) is 0 Å². The van der Waals surface area contributed by atoms with Crippen LogP contribution < -0.4 is 0 Å². The van der Waals surface area contributed by atoms with Gasteiger partial charge in [-0.25, -0.2) is 9.18 Å². The van der Waals surface area contributed by atoms with Gasteiger partial charge in [-0.2, -0.15) is 0 Å². The predicted molar refractivity (Wildman–Crippen MR) is 47.2 cm³/mol. The van der Waals surface area contributed by atoms with Crippen molar-refractivity contribution in [3.63, 3.8) is 0 Å². The summed E-state index contributed by atoms with van der Waals surface area (Å²) in [6, 6.07) is 0. The molecule has 68 valence electrons. The molecule has 0 bridgehead atoms. The zero-order valence-corrected chi connectivity index (χ0v) is 7.97. The number of hydrogen-bond acceptors (Lipinski definition) is 2. The monoisotopic (exact) mass is 190 g/mol. The van der Waals surface area contributed by atoms with E-state index in [1.54, 1.807) is 12.7 Å². The zero-order chi connectivity index (χ0) is 9.03. The van der Waals surface area contributed by atoms with Crippen LogP contribution in [0.4, 0.5) is 4.39 Å². The Hall–Kier alpha value is -0.430. The number of carbonyl (C=O) groups excluding carboxylic acids is 1. The number of allylic oxidation sites excluding steroid dienone is 2. The van der Waals surface area contributed by atoms with Gasteiger partial charge in [0.1, 0.15) is 0 Å². The number of carbonyl (C=O) groups is 1. The molecule has 0 saturated carbocycles. The Bertz CT molecular complexity index is 205. The number of hydrogen-bond donors (Lipinski definition) is 0. The van der Waals surface area contributed by atoms with Gasteiger partial charge in [-0.1, -0.05) is 12.2 Å². The number of alkyl halides is 1. The summed E-state index contributed by atoms with van der Waals surface area (Å²) < 4.78 is 18.3. The fourth-order valence-electron chi connectivity index (χ4n) is 1.17. The number of halogens is 1. The minimum absolute atomic E-state index is 0.0296. The molecule has 0 aromatic rings. The smallest absolute Gasteiger partial charge is 0.346 e. The highest BCUT2D eigenvalue weighted by atomic mass is 31.1. The van der Waals surface area contributed by atoms with Crippen LogP contribution in [0.15, 0.2) is 12.2 Å². The van der Waals surface area contributed by atoms with E-state index >= 15 is 0 Å². The van der Waals surface area contributed by atoms with Gasteiger partial charge in [0.25, 0.3) is 0 Å². The Morgan fingerprint density at radius 3 is 2.92 bits per heavy atom. The highest BCUT2D eigenvalue weighted by molar-refractivity contribution is 7.31. The minimum Gasteiger partial charge on any atom is -0.446 e. The van der Waals surface area contributed by atoms with E-state index in [0.717, 1.165) is 0 Å². The lowest BCUT2D eigenvalue weighted by Crippen LogP contribution is -2.34. The van der Waals surface area contributed by atoms with Crippen molar-refractivity contribution >= 4 is 14.8 Å². The first kappa shape index (κ1) is 9.66. The highest BCUT2D eigenvalue weighted by Gasteiger charge is 2.39. The topological polar surface area (TPSA) is 26.3 Å². The average molecular weight is 190 g/mol. The van der Waals surface area contributed by atoms with Gasteiger partial charge < -0.3 is 4.52 Å². The molecule has 2 atom stereocenters. The highest BCUT2D eigenvalue weighted by Crippen LogP contribution is 2.30. The van der Waals surface area contributed by atoms with Gasteiger partial charge >= 0.3 is 5.97 Å². The molecule has 0 aliphatic heterocycles. The maximum atomic E-state index is 13.6. The Labute approximate surface area is 73.0 Å². The Morgan fingerprint density at radius 1 is 1.67 bits per heavy atom. The normalized spacial score (nSPS) is 29.5. The molecule has 0 aromatic carbocycles. The van der Waals surface area contributed by atoms with E-state index in [-0.39, 0.29) is 21.6 Å². The maximum Gasteiger partial charge on any atom is 0.346 e. The van der Waals surface area contributed by atoms with Gasteiger partial charge in [-0.15, -0.1) is 0 Å². The molecule has 0 fully saturated rings. The van der Waals surface area contributed by atoms with Gasteiger partial charge in [0.2, 0.25) is 5.67 Å². The molecule has 1 aliphatic carbocycles. The molecule has 0 amide bonds. The van der Waals surface area contributed by atoms with E-state index in [1.807, 2.05) is 6.08 Å². The van der Waals surface area contributed by atoms with E-state index in [4.69, 9.17) is 0 Å². The largest absolute Gasteiger partial charge is 0.446 e. The summed E-state index contributed by atoms with van der Waals surface area (Å²) in [5.41, 5.74) is -1.75. The number of rotatable bonds is 2. The Morgan fingerprint density at radius 2 is 2.42 bits per heavy atom. The van der Waals surface area contributed by atoms with Crippen LogP contribution >= 0.6 is 8.81 Å². The van der Waals surface area contributed by atoms with Crippen LogP contribution in [-0.2, 0) is 9.32 Å². The second kappa shape index (κ2) is 3.99. The third-order valence-corrected chi connectivity index (χ3v) is 2.27. The van der Waals surface area contributed by atoms with Crippen molar-refractivity contribution in [1.82, 2.24) is 0 Å². The van der Waals surface area contributed by atoms with Crippen LogP contribution in [0.1, 0.15) is 19.3 Å². The molecule has 0 spiro atoms. The molecule has 1 aliphatic rings. The van der Waals surface area contributed by atoms with Crippen molar-refractivity contribution in [3.8, 4) is 0 Å². The molecule has 0 aromatic heterocycles. The molecule has 12 heavy (non-hydrogen) atoms. The predicted octanol–water partition coefficient (Wildman–Crippen LogP) is 2.20. The molecule has 4 heteroatoms. The van der Waals surface area contributed by atoms with E-state index in [1.165, 1.54) is 0 Å². The second-order valence-corrected chi connectivity index (χ2v) is 3.39. The molecule has 2 nitrogen and oxygen atoms in total. The lowest BCUT2D eigenvalue weighted by atomic mass is 9.91. The summed E-state index contributed by atoms with van der Waals surface area (Å²) in [5, 5.41) is 0. The fraction of sp³-hybridized carbons (Fsp3) is 0.625. The SMILES string of the molecule is CPOC(=O)C1(F)CC=CCC1. The van der Waals surface area contributed by atoms with Crippen LogP contribution in [-0.4, -0.2) is 18.3 Å². The first-order chi connectivity index (χ1) is 5.69. The molecular formula is C8H12FO2P. The minimum atomic E-state index is -1.75. The van der Waals surface area contributed by atoms with Gasteiger partial charge in [0.05, 0.1) is 8.81 Å². The first-order valence-electron chi connectivity index (χ1n) is 3.91. The molecular weight excluding hydrogens is 178 g/mol.